The summed E-state index contributed by atoms with van der Waals surface area (Å²) in [5.41, 5.74) is 2.79. The molecule has 1 amide bonds. The summed E-state index contributed by atoms with van der Waals surface area (Å²) in [6.07, 6.45) is 4.44. The number of amides is 1. The van der Waals surface area contributed by atoms with Crippen LogP contribution in [0.5, 0.6) is 5.75 Å². The van der Waals surface area contributed by atoms with E-state index in [9.17, 15) is 9.90 Å². The SMILES string of the molecule is CCCCC(O)(CCCC)C(=O)NN=C(C)c1ccc(OCC)cc1. The Labute approximate surface area is 151 Å². The van der Waals surface area contributed by atoms with Crippen molar-refractivity contribution in [3.8, 4) is 5.75 Å². The van der Waals surface area contributed by atoms with Crippen LogP contribution in [0.3, 0.4) is 0 Å². The van der Waals surface area contributed by atoms with Crippen molar-refractivity contribution in [1.82, 2.24) is 5.43 Å². The Morgan fingerprint density at radius 1 is 1.12 bits per heavy atom. The van der Waals surface area contributed by atoms with Crippen LogP contribution in [-0.2, 0) is 4.79 Å². The fraction of sp³-hybridized carbons (Fsp3) is 0.600. The summed E-state index contributed by atoms with van der Waals surface area (Å²) in [4.78, 5) is 12.5. The van der Waals surface area contributed by atoms with Gasteiger partial charge in [-0.3, -0.25) is 4.79 Å². The van der Waals surface area contributed by atoms with E-state index in [-0.39, 0.29) is 0 Å². The molecule has 0 heterocycles. The van der Waals surface area contributed by atoms with Gasteiger partial charge in [0.25, 0.3) is 5.91 Å². The zero-order chi connectivity index (χ0) is 18.7. The molecule has 0 fully saturated rings. The lowest BCUT2D eigenvalue weighted by Crippen LogP contribution is -2.45. The molecule has 0 aliphatic rings. The predicted molar refractivity (Wildman–Crippen MR) is 102 cm³/mol. The predicted octanol–water partition coefficient (Wildman–Crippen LogP) is 4.04. The van der Waals surface area contributed by atoms with E-state index in [1.165, 1.54) is 0 Å². The Morgan fingerprint density at radius 3 is 2.16 bits per heavy atom. The summed E-state index contributed by atoms with van der Waals surface area (Å²) < 4.78 is 5.42. The molecule has 0 aliphatic heterocycles. The molecule has 0 spiro atoms. The number of aliphatic hydroxyl groups is 1. The molecule has 2 N–H and O–H groups in total. The molecule has 1 aromatic rings. The Balaban J connectivity index is 2.76. The van der Waals surface area contributed by atoms with E-state index >= 15 is 0 Å². The molecule has 0 aromatic heterocycles. The number of ether oxygens (including phenoxy) is 1. The van der Waals surface area contributed by atoms with Gasteiger partial charge in [-0.25, -0.2) is 5.43 Å². The van der Waals surface area contributed by atoms with Crippen molar-refractivity contribution >= 4 is 11.6 Å². The number of hydrogen-bond donors (Lipinski definition) is 2. The van der Waals surface area contributed by atoms with Gasteiger partial charge in [0.2, 0.25) is 0 Å². The first-order valence-electron chi connectivity index (χ1n) is 9.27. The molecule has 140 valence electrons. The van der Waals surface area contributed by atoms with Crippen molar-refractivity contribution in [3.05, 3.63) is 29.8 Å². The van der Waals surface area contributed by atoms with Gasteiger partial charge in [-0.05, 0) is 56.5 Å². The molecule has 25 heavy (non-hydrogen) atoms. The van der Waals surface area contributed by atoms with Gasteiger partial charge in [-0.15, -0.1) is 0 Å². The Hall–Kier alpha value is -1.88. The van der Waals surface area contributed by atoms with Crippen LogP contribution in [-0.4, -0.2) is 28.9 Å². The van der Waals surface area contributed by atoms with E-state index in [0.29, 0.717) is 25.2 Å². The molecule has 0 bridgehead atoms. The van der Waals surface area contributed by atoms with Crippen molar-refractivity contribution in [2.24, 2.45) is 5.10 Å². The first-order valence-corrected chi connectivity index (χ1v) is 9.27. The van der Waals surface area contributed by atoms with E-state index in [1.807, 2.05) is 52.0 Å². The van der Waals surface area contributed by atoms with Gasteiger partial charge in [0.15, 0.2) is 0 Å². The lowest BCUT2D eigenvalue weighted by atomic mass is 9.90. The summed E-state index contributed by atoms with van der Waals surface area (Å²) in [5.74, 6) is 0.385. The second-order valence-corrected chi connectivity index (χ2v) is 6.33. The fourth-order valence-corrected chi connectivity index (χ4v) is 2.55. The Morgan fingerprint density at radius 2 is 1.68 bits per heavy atom. The summed E-state index contributed by atoms with van der Waals surface area (Å²) in [6, 6.07) is 7.55. The highest BCUT2D eigenvalue weighted by molar-refractivity contribution is 5.99. The lowest BCUT2D eigenvalue weighted by molar-refractivity contribution is -0.141. The average molecular weight is 348 g/mol. The standard InChI is InChI=1S/C20H32N2O3/c1-5-8-14-20(24,15-9-6-2)19(23)22-21-16(4)17-10-12-18(13-11-17)25-7-3/h10-13,24H,5-9,14-15H2,1-4H3,(H,22,23). The summed E-state index contributed by atoms with van der Waals surface area (Å²) in [6.45, 7) is 8.48. The molecule has 0 atom stereocenters. The average Bonchev–Trinajstić information content (AvgIpc) is 2.63. The van der Waals surface area contributed by atoms with Gasteiger partial charge in [-0.2, -0.15) is 5.10 Å². The molecule has 0 aliphatic carbocycles. The van der Waals surface area contributed by atoms with Gasteiger partial charge in [0.1, 0.15) is 11.4 Å². The van der Waals surface area contributed by atoms with E-state index in [4.69, 9.17) is 4.74 Å². The minimum absolute atomic E-state index is 0.417. The van der Waals surface area contributed by atoms with Crippen LogP contribution in [0.25, 0.3) is 0 Å². The Kier molecular flexibility index (Phi) is 9.21. The minimum atomic E-state index is -1.34. The summed E-state index contributed by atoms with van der Waals surface area (Å²) in [5, 5.41) is 14.9. The van der Waals surface area contributed by atoms with E-state index in [2.05, 4.69) is 10.5 Å². The van der Waals surface area contributed by atoms with Crippen LogP contribution in [0.15, 0.2) is 29.4 Å². The van der Waals surface area contributed by atoms with Crippen LogP contribution >= 0.6 is 0 Å². The zero-order valence-corrected chi connectivity index (χ0v) is 16.0. The van der Waals surface area contributed by atoms with E-state index < -0.39 is 11.5 Å². The second kappa shape index (κ2) is 10.9. The third-order valence-corrected chi connectivity index (χ3v) is 4.22. The van der Waals surface area contributed by atoms with Crippen LogP contribution in [0.1, 0.15) is 71.8 Å². The third kappa shape index (κ3) is 6.86. The second-order valence-electron chi connectivity index (χ2n) is 6.33. The first kappa shape index (κ1) is 21.2. The van der Waals surface area contributed by atoms with Gasteiger partial charge >= 0.3 is 0 Å². The molecule has 5 nitrogen and oxygen atoms in total. The maximum absolute atomic E-state index is 12.5. The van der Waals surface area contributed by atoms with Gasteiger partial charge < -0.3 is 9.84 Å². The topological polar surface area (TPSA) is 70.9 Å². The molecule has 1 aromatic carbocycles. The molecular weight excluding hydrogens is 316 g/mol. The fourth-order valence-electron chi connectivity index (χ4n) is 2.55. The van der Waals surface area contributed by atoms with Gasteiger partial charge in [0.05, 0.1) is 12.3 Å². The van der Waals surface area contributed by atoms with Crippen molar-refractivity contribution in [2.45, 2.75) is 71.8 Å². The maximum atomic E-state index is 12.5. The normalized spacial score (nSPS) is 12.1. The smallest absolute Gasteiger partial charge is 0.271 e. The van der Waals surface area contributed by atoms with Crippen molar-refractivity contribution < 1.29 is 14.6 Å². The highest BCUT2D eigenvalue weighted by Gasteiger charge is 2.34. The number of carbonyl (C=O) groups is 1. The van der Waals surface area contributed by atoms with E-state index in [1.54, 1.807) is 0 Å². The van der Waals surface area contributed by atoms with Crippen molar-refractivity contribution in [3.63, 3.8) is 0 Å². The highest BCUT2D eigenvalue weighted by atomic mass is 16.5. The van der Waals surface area contributed by atoms with E-state index in [0.717, 1.165) is 37.0 Å². The van der Waals surface area contributed by atoms with Crippen LogP contribution in [0.4, 0.5) is 0 Å². The Bertz CT molecular complexity index is 545. The zero-order valence-electron chi connectivity index (χ0n) is 16.0. The third-order valence-electron chi connectivity index (χ3n) is 4.22. The number of carbonyl (C=O) groups excluding carboxylic acids is 1. The molecule has 0 radical (unpaired) electrons. The molecular formula is C20H32N2O3. The largest absolute Gasteiger partial charge is 0.494 e. The summed E-state index contributed by atoms with van der Waals surface area (Å²) >= 11 is 0. The number of benzene rings is 1. The molecule has 0 unspecified atom stereocenters. The van der Waals surface area contributed by atoms with Crippen molar-refractivity contribution in [1.29, 1.82) is 0 Å². The highest BCUT2D eigenvalue weighted by Crippen LogP contribution is 2.22. The number of nitrogens with zero attached hydrogens (tertiary/aromatic N) is 1. The molecule has 0 saturated carbocycles. The molecule has 1 rings (SSSR count). The number of rotatable bonds is 11. The first-order chi connectivity index (χ1) is 12.0. The van der Waals surface area contributed by atoms with Crippen LogP contribution < -0.4 is 10.2 Å². The lowest BCUT2D eigenvalue weighted by Gasteiger charge is -2.25. The maximum Gasteiger partial charge on any atom is 0.271 e. The number of nitrogens with one attached hydrogen (secondary N) is 1. The molecule has 0 saturated heterocycles. The summed E-state index contributed by atoms with van der Waals surface area (Å²) in [7, 11) is 0. The monoisotopic (exact) mass is 348 g/mol. The minimum Gasteiger partial charge on any atom is -0.494 e. The molecule has 5 heteroatoms. The van der Waals surface area contributed by atoms with Crippen molar-refractivity contribution in [2.75, 3.05) is 6.61 Å². The van der Waals surface area contributed by atoms with Gasteiger partial charge in [0, 0.05) is 0 Å². The van der Waals surface area contributed by atoms with Gasteiger partial charge in [-0.1, -0.05) is 39.5 Å². The quantitative estimate of drug-likeness (QED) is 0.468. The number of hydrazone groups is 1. The van der Waals surface area contributed by atoms with Crippen LogP contribution in [0.2, 0.25) is 0 Å². The number of unbranched alkanes of at least 4 members (excludes halogenated alkanes) is 2. The number of hydrogen-bond acceptors (Lipinski definition) is 4. The van der Waals surface area contributed by atoms with Crippen LogP contribution in [0, 0.1) is 0 Å².